The number of pyridine rings is 1. The van der Waals surface area contributed by atoms with Gasteiger partial charge in [-0.1, -0.05) is 25.5 Å². The molecular formula is C19H21F3N2OS. The van der Waals surface area contributed by atoms with Crippen LogP contribution in [-0.2, 0) is 5.92 Å². The summed E-state index contributed by atoms with van der Waals surface area (Å²) in [6.07, 6.45) is 2.94. The summed E-state index contributed by atoms with van der Waals surface area (Å²) in [7, 11) is 0. The lowest BCUT2D eigenvalue weighted by Gasteiger charge is -2.16. The van der Waals surface area contributed by atoms with Crippen molar-refractivity contribution in [2.75, 3.05) is 12.3 Å². The molecule has 0 bridgehead atoms. The molecule has 1 aromatic carbocycles. The van der Waals surface area contributed by atoms with Crippen molar-refractivity contribution in [1.29, 1.82) is 0 Å². The molecule has 2 aromatic rings. The first-order valence-electron chi connectivity index (χ1n) is 8.44. The van der Waals surface area contributed by atoms with Crippen LogP contribution in [0, 0.1) is 5.82 Å². The van der Waals surface area contributed by atoms with Crippen LogP contribution in [0.5, 0.6) is 0 Å². The van der Waals surface area contributed by atoms with Gasteiger partial charge in [0.25, 0.3) is 11.8 Å². The average molecular weight is 382 g/mol. The van der Waals surface area contributed by atoms with Gasteiger partial charge in [-0.3, -0.25) is 4.79 Å². The van der Waals surface area contributed by atoms with Crippen molar-refractivity contribution in [1.82, 2.24) is 10.3 Å². The number of hydrogen-bond acceptors (Lipinski definition) is 3. The molecule has 0 spiro atoms. The largest absolute Gasteiger partial charge is 0.352 e. The Morgan fingerprint density at radius 3 is 2.65 bits per heavy atom. The smallest absolute Gasteiger partial charge is 0.274 e. The molecule has 1 aromatic heterocycles. The molecule has 2 rings (SSSR count). The maximum absolute atomic E-state index is 14.2. The minimum absolute atomic E-state index is 0.0800. The van der Waals surface area contributed by atoms with Gasteiger partial charge in [0.2, 0.25) is 0 Å². The van der Waals surface area contributed by atoms with Crippen molar-refractivity contribution in [3.63, 3.8) is 0 Å². The number of carbonyl (C=O) groups excluding carboxylic acids is 1. The van der Waals surface area contributed by atoms with Crippen molar-refractivity contribution < 1.29 is 18.0 Å². The van der Waals surface area contributed by atoms with Crippen LogP contribution in [0.25, 0.3) is 0 Å². The first kappa shape index (κ1) is 20.3. The Labute approximate surface area is 155 Å². The Morgan fingerprint density at radius 2 is 1.96 bits per heavy atom. The number of unbranched alkanes of at least 4 members (excludes halogenated alkanes) is 1. The van der Waals surface area contributed by atoms with E-state index in [1.807, 2.05) is 6.92 Å². The average Bonchev–Trinajstić information content (AvgIpc) is 2.62. The molecule has 1 heterocycles. The first-order chi connectivity index (χ1) is 12.4. The topological polar surface area (TPSA) is 42.0 Å². The standard InChI is InChI=1S/C19H21F3N2OS/c1-2-3-11-23-17(25)16-5-4-12-24-18(16)26-13-10-19(21,22)14-6-8-15(20)9-7-14/h4-9,12H,2-3,10-11,13H2,1H3,(H,23,25). The number of rotatable bonds is 9. The number of nitrogens with one attached hydrogen (secondary N) is 1. The van der Waals surface area contributed by atoms with Crippen LogP contribution in [0.4, 0.5) is 13.2 Å². The molecule has 0 aliphatic heterocycles. The van der Waals surface area contributed by atoms with Gasteiger partial charge in [-0.25, -0.2) is 18.2 Å². The fraction of sp³-hybridized carbons (Fsp3) is 0.368. The summed E-state index contributed by atoms with van der Waals surface area (Å²) in [6.45, 7) is 2.59. The lowest BCUT2D eigenvalue weighted by atomic mass is 10.1. The predicted octanol–water partition coefficient (Wildman–Crippen LogP) is 5.02. The van der Waals surface area contributed by atoms with E-state index in [4.69, 9.17) is 0 Å². The quantitative estimate of drug-likeness (QED) is 0.489. The van der Waals surface area contributed by atoms with E-state index < -0.39 is 18.2 Å². The van der Waals surface area contributed by atoms with Gasteiger partial charge in [0.1, 0.15) is 10.8 Å². The van der Waals surface area contributed by atoms with Gasteiger partial charge >= 0.3 is 0 Å². The molecule has 26 heavy (non-hydrogen) atoms. The van der Waals surface area contributed by atoms with Crippen LogP contribution in [-0.4, -0.2) is 23.2 Å². The molecule has 0 saturated carbocycles. The summed E-state index contributed by atoms with van der Waals surface area (Å²) in [4.78, 5) is 16.3. The Kier molecular flexibility index (Phi) is 7.50. The van der Waals surface area contributed by atoms with E-state index >= 15 is 0 Å². The van der Waals surface area contributed by atoms with Crippen molar-refractivity contribution in [3.05, 3.63) is 59.5 Å². The third-order valence-corrected chi connectivity index (χ3v) is 4.76. The number of alkyl halides is 2. The van der Waals surface area contributed by atoms with Crippen LogP contribution in [0.3, 0.4) is 0 Å². The number of halogens is 3. The molecule has 0 fully saturated rings. The first-order valence-corrected chi connectivity index (χ1v) is 9.42. The Balaban J connectivity index is 1.97. The van der Waals surface area contributed by atoms with Crippen LogP contribution in [0.1, 0.15) is 42.1 Å². The number of amides is 1. The van der Waals surface area contributed by atoms with E-state index in [9.17, 15) is 18.0 Å². The Bertz CT molecular complexity index is 723. The fourth-order valence-corrected chi connectivity index (χ4v) is 3.27. The van der Waals surface area contributed by atoms with Gasteiger partial charge in [0.05, 0.1) is 5.56 Å². The van der Waals surface area contributed by atoms with Crippen molar-refractivity contribution in [2.24, 2.45) is 0 Å². The molecule has 0 unspecified atom stereocenters. The van der Waals surface area contributed by atoms with Crippen LogP contribution >= 0.6 is 11.8 Å². The minimum Gasteiger partial charge on any atom is -0.352 e. The maximum Gasteiger partial charge on any atom is 0.274 e. The van der Waals surface area contributed by atoms with E-state index in [2.05, 4.69) is 10.3 Å². The van der Waals surface area contributed by atoms with E-state index in [0.717, 1.165) is 48.9 Å². The molecular weight excluding hydrogens is 361 g/mol. The predicted molar refractivity (Wildman–Crippen MR) is 97.1 cm³/mol. The number of benzene rings is 1. The summed E-state index contributed by atoms with van der Waals surface area (Å²) in [5.74, 6) is -3.79. The molecule has 1 amide bonds. The number of hydrogen-bond donors (Lipinski definition) is 1. The van der Waals surface area contributed by atoms with Crippen LogP contribution < -0.4 is 5.32 Å². The van der Waals surface area contributed by atoms with Crippen LogP contribution in [0.2, 0.25) is 0 Å². The third-order valence-electron chi connectivity index (χ3n) is 3.75. The number of carbonyl (C=O) groups is 1. The fourth-order valence-electron chi connectivity index (χ4n) is 2.27. The van der Waals surface area contributed by atoms with Crippen molar-refractivity contribution in [3.8, 4) is 0 Å². The van der Waals surface area contributed by atoms with Gasteiger partial charge in [0.15, 0.2) is 0 Å². The molecule has 3 nitrogen and oxygen atoms in total. The highest BCUT2D eigenvalue weighted by Crippen LogP contribution is 2.34. The number of thioether (sulfide) groups is 1. The number of aromatic nitrogens is 1. The normalized spacial score (nSPS) is 11.4. The Hall–Kier alpha value is -2.02. The summed E-state index contributed by atoms with van der Waals surface area (Å²) in [5.41, 5.74) is 0.164. The maximum atomic E-state index is 14.2. The molecule has 7 heteroatoms. The Morgan fingerprint density at radius 1 is 1.23 bits per heavy atom. The summed E-state index contributed by atoms with van der Waals surface area (Å²) < 4.78 is 41.3. The molecule has 0 radical (unpaired) electrons. The summed E-state index contributed by atoms with van der Waals surface area (Å²) in [6, 6.07) is 7.50. The second-order valence-electron chi connectivity index (χ2n) is 5.78. The second kappa shape index (κ2) is 9.62. The van der Waals surface area contributed by atoms with Gasteiger partial charge in [-0.2, -0.15) is 0 Å². The van der Waals surface area contributed by atoms with E-state index in [1.54, 1.807) is 12.1 Å². The van der Waals surface area contributed by atoms with Gasteiger partial charge in [-0.05, 0) is 30.7 Å². The SMILES string of the molecule is CCCCNC(=O)c1cccnc1SCCC(F)(F)c1ccc(F)cc1. The monoisotopic (exact) mass is 382 g/mol. The zero-order valence-corrected chi connectivity index (χ0v) is 15.3. The highest BCUT2D eigenvalue weighted by molar-refractivity contribution is 7.99. The minimum atomic E-state index is -3.07. The van der Waals surface area contributed by atoms with Gasteiger partial charge in [0, 0.05) is 30.5 Å². The lowest BCUT2D eigenvalue weighted by Crippen LogP contribution is -2.25. The third kappa shape index (κ3) is 5.76. The molecule has 0 aliphatic rings. The highest BCUT2D eigenvalue weighted by Gasteiger charge is 2.31. The molecule has 0 atom stereocenters. The molecule has 140 valence electrons. The molecule has 0 saturated heterocycles. The van der Waals surface area contributed by atoms with Gasteiger partial charge in [-0.15, -0.1) is 11.8 Å². The second-order valence-corrected chi connectivity index (χ2v) is 6.86. The molecule has 0 aliphatic carbocycles. The zero-order chi connectivity index (χ0) is 19.0. The number of nitrogens with zero attached hydrogens (tertiary/aromatic N) is 1. The van der Waals surface area contributed by atoms with E-state index in [1.165, 1.54) is 6.20 Å². The zero-order valence-electron chi connectivity index (χ0n) is 14.5. The van der Waals surface area contributed by atoms with Crippen molar-refractivity contribution >= 4 is 17.7 Å². The summed E-state index contributed by atoms with van der Waals surface area (Å²) >= 11 is 1.11. The molecule has 1 N–H and O–H groups in total. The lowest BCUT2D eigenvalue weighted by molar-refractivity contribution is -0.00707. The van der Waals surface area contributed by atoms with E-state index in [0.29, 0.717) is 17.1 Å². The van der Waals surface area contributed by atoms with Gasteiger partial charge < -0.3 is 5.32 Å². The summed E-state index contributed by atoms with van der Waals surface area (Å²) in [5, 5.41) is 3.23. The van der Waals surface area contributed by atoms with E-state index in [-0.39, 0.29) is 17.2 Å². The highest BCUT2D eigenvalue weighted by atomic mass is 32.2. The van der Waals surface area contributed by atoms with Crippen molar-refractivity contribution in [2.45, 2.75) is 37.1 Å². The van der Waals surface area contributed by atoms with Crippen LogP contribution in [0.15, 0.2) is 47.6 Å².